The number of fused-ring (bicyclic) bond motifs is 3. The van der Waals surface area contributed by atoms with E-state index in [1.54, 1.807) is 23.3 Å². The molecule has 9 heteroatoms. The van der Waals surface area contributed by atoms with Gasteiger partial charge in [-0.3, -0.25) is 4.57 Å². The van der Waals surface area contributed by atoms with Crippen molar-refractivity contribution in [2.24, 2.45) is 0 Å². The van der Waals surface area contributed by atoms with Gasteiger partial charge in [0.2, 0.25) is 0 Å². The lowest BCUT2D eigenvalue weighted by atomic mass is 9.84. The molecular weight excluding hydrogens is 504 g/mol. The van der Waals surface area contributed by atoms with Crippen LogP contribution in [0.3, 0.4) is 0 Å². The maximum absolute atomic E-state index is 6.86. The molecular formula is C29H36N2O6S. The van der Waals surface area contributed by atoms with Gasteiger partial charge in [0.05, 0.1) is 6.61 Å². The summed E-state index contributed by atoms with van der Waals surface area (Å²) >= 11 is 5.71. The normalized spacial score (nSPS) is 35.2. The number of rotatable bonds is 4. The first-order valence-electron chi connectivity index (χ1n) is 14.2. The highest BCUT2D eigenvalue weighted by molar-refractivity contribution is 7.80. The smallest absolute Gasteiger partial charge is 0.269 e. The van der Waals surface area contributed by atoms with E-state index in [1.807, 2.05) is 18.2 Å². The van der Waals surface area contributed by atoms with Crippen molar-refractivity contribution in [2.75, 3.05) is 0 Å². The van der Waals surface area contributed by atoms with E-state index in [-0.39, 0.29) is 24.4 Å². The van der Waals surface area contributed by atoms with Crippen LogP contribution in [0.2, 0.25) is 0 Å². The zero-order chi connectivity index (χ0) is 25.6. The second-order valence-corrected chi connectivity index (χ2v) is 11.7. The van der Waals surface area contributed by atoms with E-state index < -0.39 is 23.8 Å². The molecule has 5 aliphatic rings. The van der Waals surface area contributed by atoms with Crippen molar-refractivity contribution < 1.29 is 28.4 Å². The Labute approximate surface area is 228 Å². The minimum atomic E-state index is -0.615. The summed E-state index contributed by atoms with van der Waals surface area (Å²) in [5, 5.41) is 0.303. The van der Waals surface area contributed by atoms with Crippen LogP contribution in [0.25, 0.3) is 0 Å². The van der Waals surface area contributed by atoms with Crippen LogP contribution in [0, 0.1) is 0 Å². The largest absolute Gasteiger partial charge is 0.461 e. The minimum Gasteiger partial charge on any atom is -0.461 e. The van der Waals surface area contributed by atoms with Crippen molar-refractivity contribution in [1.29, 1.82) is 0 Å². The summed E-state index contributed by atoms with van der Waals surface area (Å²) in [6, 6.07) is 10.2. The molecule has 2 spiro atoms. The SMILES string of the molecule is S=C(O[C@H]1[C@H](OCc2ccccc2)[C@H]2OC3(CCCCC3)O[C@@H]2[C@H]2OC3(CCCCC3)O[C@@H]12)n1ccnc1. The Morgan fingerprint density at radius 2 is 1.39 bits per heavy atom. The molecule has 0 bridgehead atoms. The molecule has 1 aromatic carbocycles. The van der Waals surface area contributed by atoms with Gasteiger partial charge in [-0.25, -0.2) is 4.98 Å². The number of ether oxygens (including phenoxy) is 6. The number of imidazole rings is 1. The Bertz CT molecular complexity index is 1100. The molecule has 2 saturated heterocycles. The standard InChI is InChI=1S/C29H36N2O6S/c38-27(31-17-16-30-19-31)33-22-21(32-18-20-10-4-1-5-11-20)23-25(36-28(34-23)12-6-2-7-13-28)26-24(22)35-29(37-26)14-8-3-9-15-29/h1,4-5,10-11,16-17,19,21-26H,2-3,6-9,12-15,18H2/t21-,22-,23+,24-,25-,26-/m0/s1. The fourth-order valence-electron chi connectivity index (χ4n) is 6.99. The summed E-state index contributed by atoms with van der Waals surface area (Å²) in [7, 11) is 0. The van der Waals surface area contributed by atoms with Crippen LogP contribution in [0.15, 0.2) is 49.1 Å². The van der Waals surface area contributed by atoms with Crippen molar-refractivity contribution in [3.05, 3.63) is 54.6 Å². The summed E-state index contributed by atoms with van der Waals surface area (Å²) in [4.78, 5) is 4.14. The summed E-state index contributed by atoms with van der Waals surface area (Å²) in [6.07, 6.45) is 13.1. The molecule has 3 saturated carbocycles. The number of thiocarbonyl (C=S) groups is 1. The third kappa shape index (κ3) is 4.61. The molecule has 7 rings (SSSR count). The Balaban J connectivity index is 1.24. The van der Waals surface area contributed by atoms with E-state index in [0.717, 1.165) is 56.9 Å². The van der Waals surface area contributed by atoms with Gasteiger partial charge in [0.25, 0.3) is 5.17 Å². The second kappa shape index (κ2) is 10.3. The van der Waals surface area contributed by atoms with Crippen LogP contribution in [-0.4, -0.2) is 62.9 Å². The van der Waals surface area contributed by atoms with Gasteiger partial charge in [-0.2, -0.15) is 0 Å². The van der Waals surface area contributed by atoms with Gasteiger partial charge >= 0.3 is 0 Å². The number of aromatic nitrogens is 2. The van der Waals surface area contributed by atoms with Gasteiger partial charge in [0, 0.05) is 38.1 Å². The van der Waals surface area contributed by atoms with Gasteiger partial charge in [0.15, 0.2) is 17.7 Å². The lowest BCUT2D eigenvalue weighted by Crippen LogP contribution is -2.63. The van der Waals surface area contributed by atoms with E-state index in [2.05, 4.69) is 17.1 Å². The lowest BCUT2D eigenvalue weighted by Gasteiger charge is -2.42. The fraction of sp³-hybridized carbons (Fsp3) is 0.655. The second-order valence-electron chi connectivity index (χ2n) is 11.4. The fourth-order valence-corrected chi connectivity index (χ4v) is 7.21. The van der Waals surface area contributed by atoms with Gasteiger partial charge in [-0.15, -0.1) is 0 Å². The van der Waals surface area contributed by atoms with E-state index in [1.165, 1.54) is 12.8 Å². The quantitative estimate of drug-likeness (QED) is 0.508. The Morgan fingerprint density at radius 3 is 1.97 bits per heavy atom. The Morgan fingerprint density at radius 1 is 0.816 bits per heavy atom. The van der Waals surface area contributed by atoms with Crippen molar-refractivity contribution in [3.63, 3.8) is 0 Å². The molecule has 0 N–H and O–H groups in total. The van der Waals surface area contributed by atoms with Crippen LogP contribution in [-0.2, 0) is 35.0 Å². The molecule has 3 heterocycles. The van der Waals surface area contributed by atoms with E-state index in [0.29, 0.717) is 11.8 Å². The van der Waals surface area contributed by atoms with E-state index >= 15 is 0 Å². The zero-order valence-electron chi connectivity index (χ0n) is 21.6. The van der Waals surface area contributed by atoms with Gasteiger partial charge in [-0.1, -0.05) is 43.2 Å². The lowest BCUT2D eigenvalue weighted by molar-refractivity contribution is -0.226. The van der Waals surface area contributed by atoms with Crippen molar-refractivity contribution in [2.45, 2.75) is 119 Å². The third-order valence-electron chi connectivity index (χ3n) is 8.81. The number of hydrogen-bond acceptors (Lipinski definition) is 8. The first-order valence-corrected chi connectivity index (χ1v) is 14.6. The maximum atomic E-state index is 6.86. The van der Waals surface area contributed by atoms with Crippen molar-refractivity contribution in [1.82, 2.24) is 9.55 Å². The topological polar surface area (TPSA) is 73.2 Å². The molecule has 8 nitrogen and oxygen atoms in total. The molecule has 1 aromatic heterocycles. The van der Waals surface area contributed by atoms with Crippen LogP contribution in [0.5, 0.6) is 0 Å². The summed E-state index contributed by atoms with van der Waals surface area (Å²) in [5.74, 6) is -1.21. The zero-order valence-corrected chi connectivity index (χ0v) is 22.4. The summed E-state index contributed by atoms with van der Waals surface area (Å²) in [5.41, 5.74) is 1.08. The highest BCUT2D eigenvalue weighted by Gasteiger charge is 2.67. The predicted octanol–water partition coefficient (Wildman–Crippen LogP) is 4.89. The highest BCUT2D eigenvalue weighted by Crippen LogP contribution is 2.52. The molecule has 2 aromatic rings. The summed E-state index contributed by atoms with van der Waals surface area (Å²) in [6.45, 7) is 0.423. The molecule has 6 atom stereocenters. The van der Waals surface area contributed by atoms with Crippen LogP contribution < -0.4 is 0 Å². The van der Waals surface area contributed by atoms with Crippen LogP contribution in [0.1, 0.15) is 69.8 Å². The third-order valence-corrected chi connectivity index (χ3v) is 9.12. The summed E-state index contributed by atoms with van der Waals surface area (Å²) < 4.78 is 42.3. The van der Waals surface area contributed by atoms with Gasteiger partial charge < -0.3 is 28.4 Å². The average Bonchev–Trinajstić information content (AvgIpc) is 3.68. The first-order chi connectivity index (χ1) is 18.6. The van der Waals surface area contributed by atoms with Crippen molar-refractivity contribution in [3.8, 4) is 0 Å². The Kier molecular flexibility index (Phi) is 6.78. The van der Waals surface area contributed by atoms with Crippen LogP contribution in [0.4, 0.5) is 0 Å². The minimum absolute atomic E-state index is 0.290. The van der Waals surface area contributed by atoms with E-state index in [4.69, 9.17) is 40.6 Å². The van der Waals surface area contributed by atoms with E-state index in [9.17, 15) is 0 Å². The molecule has 0 amide bonds. The first kappa shape index (κ1) is 25.1. The predicted molar refractivity (Wildman–Crippen MR) is 141 cm³/mol. The monoisotopic (exact) mass is 540 g/mol. The number of benzene rings is 1. The Hall–Kier alpha value is -1.88. The molecule has 204 valence electrons. The molecule has 0 unspecified atom stereocenters. The number of nitrogens with zero attached hydrogens (tertiary/aromatic N) is 2. The highest BCUT2D eigenvalue weighted by atomic mass is 32.1. The molecule has 0 radical (unpaired) electrons. The van der Waals surface area contributed by atoms with Crippen molar-refractivity contribution >= 4 is 17.4 Å². The molecule has 3 aliphatic carbocycles. The maximum Gasteiger partial charge on any atom is 0.269 e. The van der Waals surface area contributed by atoms with Gasteiger partial charge in [-0.05, 0) is 43.5 Å². The van der Waals surface area contributed by atoms with Crippen LogP contribution >= 0.6 is 12.2 Å². The molecule has 2 aliphatic heterocycles. The van der Waals surface area contributed by atoms with Gasteiger partial charge in [0.1, 0.15) is 36.8 Å². The molecule has 38 heavy (non-hydrogen) atoms. The molecule has 5 fully saturated rings. The average molecular weight is 541 g/mol. The number of hydrogen-bond donors (Lipinski definition) is 0.